The third-order valence-electron chi connectivity index (χ3n) is 2.54. The third kappa shape index (κ3) is 2.39. The summed E-state index contributed by atoms with van der Waals surface area (Å²) in [6, 6.07) is 8.36. The minimum Gasteiger partial charge on any atom is -0.379 e. The molecule has 1 aromatic heterocycles. The van der Waals surface area contributed by atoms with Gasteiger partial charge >= 0.3 is 0 Å². The molecule has 4 nitrogen and oxygen atoms in total. The van der Waals surface area contributed by atoms with Crippen molar-refractivity contribution in [3.63, 3.8) is 0 Å². The predicted octanol–water partition coefficient (Wildman–Crippen LogP) is 2.55. The van der Waals surface area contributed by atoms with Gasteiger partial charge in [-0.3, -0.25) is 0 Å². The monoisotopic (exact) mass is 217 g/mol. The van der Waals surface area contributed by atoms with Crippen molar-refractivity contribution >= 4 is 5.69 Å². The van der Waals surface area contributed by atoms with Crippen LogP contribution < -0.4 is 5.32 Å². The molecule has 0 amide bonds. The fourth-order valence-electron chi connectivity index (χ4n) is 1.50. The van der Waals surface area contributed by atoms with E-state index < -0.39 is 0 Å². The molecule has 2 aromatic rings. The molecule has 16 heavy (non-hydrogen) atoms. The molecule has 0 aliphatic carbocycles. The summed E-state index contributed by atoms with van der Waals surface area (Å²) in [5, 5.41) is 10.9. The highest BCUT2D eigenvalue weighted by atomic mass is 16.6. The van der Waals surface area contributed by atoms with Gasteiger partial charge in [-0.05, 0) is 31.0 Å². The number of hydrogen-bond acceptors (Lipinski definition) is 4. The van der Waals surface area contributed by atoms with Gasteiger partial charge in [0.05, 0.1) is 6.54 Å². The molecule has 0 saturated heterocycles. The first kappa shape index (κ1) is 10.7. The van der Waals surface area contributed by atoms with Crippen molar-refractivity contribution in [3.05, 3.63) is 41.2 Å². The first-order chi connectivity index (χ1) is 7.79. The first-order valence-corrected chi connectivity index (χ1v) is 5.40. The van der Waals surface area contributed by atoms with Gasteiger partial charge in [0.1, 0.15) is 11.4 Å². The van der Waals surface area contributed by atoms with Crippen LogP contribution in [-0.2, 0) is 13.0 Å². The van der Waals surface area contributed by atoms with Gasteiger partial charge in [0.25, 0.3) is 0 Å². The summed E-state index contributed by atoms with van der Waals surface area (Å²) >= 11 is 0. The molecule has 0 unspecified atom stereocenters. The highest BCUT2D eigenvalue weighted by molar-refractivity contribution is 5.46. The number of rotatable bonds is 4. The Morgan fingerprint density at radius 1 is 1.31 bits per heavy atom. The molecule has 0 radical (unpaired) electrons. The number of nitrogens with one attached hydrogen (secondary N) is 1. The van der Waals surface area contributed by atoms with E-state index in [1.807, 2.05) is 13.0 Å². The average Bonchev–Trinajstić information content (AvgIpc) is 2.72. The largest absolute Gasteiger partial charge is 0.379 e. The SMILES string of the molecule is CCc1cccc(NCc2nonc2C)c1. The van der Waals surface area contributed by atoms with E-state index in [0.29, 0.717) is 6.54 Å². The van der Waals surface area contributed by atoms with E-state index in [2.05, 4.69) is 45.4 Å². The second-order valence-corrected chi connectivity index (χ2v) is 3.70. The van der Waals surface area contributed by atoms with Crippen LogP contribution in [0.3, 0.4) is 0 Å². The Labute approximate surface area is 94.6 Å². The number of nitrogens with zero attached hydrogens (tertiary/aromatic N) is 2. The van der Waals surface area contributed by atoms with Crippen LogP contribution in [0.25, 0.3) is 0 Å². The van der Waals surface area contributed by atoms with Crippen molar-refractivity contribution in [1.82, 2.24) is 10.3 Å². The van der Waals surface area contributed by atoms with Crippen molar-refractivity contribution < 1.29 is 4.63 Å². The van der Waals surface area contributed by atoms with Gasteiger partial charge in [0.2, 0.25) is 0 Å². The van der Waals surface area contributed by atoms with Crippen LogP contribution in [-0.4, -0.2) is 10.3 Å². The Morgan fingerprint density at radius 3 is 2.88 bits per heavy atom. The van der Waals surface area contributed by atoms with Crippen molar-refractivity contribution in [2.45, 2.75) is 26.8 Å². The highest BCUT2D eigenvalue weighted by Gasteiger charge is 2.04. The maximum absolute atomic E-state index is 4.64. The lowest BCUT2D eigenvalue weighted by atomic mass is 10.1. The second kappa shape index (κ2) is 4.79. The van der Waals surface area contributed by atoms with Gasteiger partial charge in [0, 0.05) is 5.69 Å². The summed E-state index contributed by atoms with van der Waals surface area (Å²) in [6.07, 6.45) is 1.04. The molecule has 0 saturated carbocycles. The lowest BCUT2D eigenvalue weighted by Crippen LogP contribution is -2.01. The van der Waals surface area contributed by atoms with E-state index >= 15 is 0 Å². The van der Waals surface area contributed by atoms with E-state index in [1.165, 1.54) is 5.56 Å². The highest BCUT2D eigenvalue weighted by Crippen LogP contribution is 2.12. The topological polar surface area (TPSA) is 51.0 Å². The Kier molecular flexibility index (Phi) is 3.19. The quantitative estimate of drug-likeness (QED) is 0.855. The number of anilines is 1. The molecular weight excluding hydrogens is 202 g/mol. The molecule has 1 aromatic carbocycles. The number of hydrogen-bond donors (Lipinski definition) is 1. The standard InChI is InChI=1S/C12H15N3O/c1-3-10-5-4-6-11(7-10)13-8-12-9(2)14-16-15-12/h4-7,13H,3,8H2,1-2H3. The third-order valence-corrected chi connectivity index (χ3v) is 2.54. The van der Waals surface area contributed by atoms with E-state index in [9.17, 15) is 0 Å². The van der Waals surface area contributed by atoms with E-state index in [4.69, 9.17) is 0 Å². The Bertz CT molecular complexity index is 465. The maximum atomic E-state index is 4.64. The molecule has 84 valence electrons. The molecule has 0 fully saturated rings. The first-order valence-electron chi connectivity index (χ1n) is 5.40. The van der Waals surface area contributed by atoms with Crippen LogP contribution in [0.1, 0.15) is 23.9 Å². The molecule has 1 heterocycles. The molecule has 0 bridgehead atoms. The van der Waals surface area contributed by atoms with Gasteiger partial charge in [0.15, 0.2) is 0 Å². The molecule has 0 aliphatic rings. The molecule has 0 atom stereocenters. The molecule has 1 N–H and O–H groups in total. The summed E-state index contributed by atoms with van der Waals surface area (Å²) < 4.78 is 4.64. The number of aryl methyl sites for hydroxylation is 2. The van der Waals surface area contributed by atoms with Crippen molar-refractivity contribution in [2.75, 3.05) is 5.32 Å². The molecule has 4 heteroatoms. The van der Waals surface area contributed by atoms with E-state index in [-0.39, 0.29) is 0 Å². The molecule has 0 spiro atoms. The minimum absolute atomic E-state index is 0.641. The number of benzene rings is 1. The summed E-state index contributed by atoms with van der Waals surface area (Å²) in [6.45, 7) is 4.67. The fourth-order valence-corrected chi connectivity index (χ4v) is 1.50. The van der Waals surface area contributed by atoms with Crippen molar-refractivity contribution in [1.29, 1.82) is 0 Å². The summed E-state index contributed by atoms with van der Waals surface area (Å²) in [5.41, 5.74) is 4.10. The molecule has 0 aliphatic heterocycles. The van der Waals surface area contributed by atoms with Gasteiger partial charge in [-0.1, -0.05) is 29.4 Å². The normalized spacial score (nSPS) is 10.4. The predicted molar refractivity (Wildman–Crippen MR) is 62.2 cm³/mol. The van der Waals surface area contributed by atoms with Crippen LogP contribution in [0.2, 0.25) is 0 Å². The zero-order valence-electron chi connectivity index (χ0n) is 9.53. The Morgan fingerprint density at radius 2 is 2.19 bits per heavy atom. The zero-order valence-corrected chi connectivity index (χ0v) is 9.53. The lowest BCUT2D eigenvalue weighted by molar-refractivity contribution is 0.301. The fraction of sp³-hybridized carbons (Fsp3) is 0.333. The maximum Gasteiger partial charge on any atom is 0.127 e. The molecular formula is C12H15N3O. The smallest absolute Gasteiger partial charge is 0.127 e. The summed E-state index contributed by atoms with van der Waals surface area (Å²) in [7, 11) is 0. The van der Waals surface area contributed by atoms with Crippen LogP contribution in [0.15, 0.2) is 28.9 Å². The van der Waals surface area contributed by atoms with Crippen molar-refractivity contribution in [2.24, 2.45) is 0 Å². The van der Waals surface area contributed by atoms with E-state index in [1.54, 1.807) is 0 Å². The van der Waals surface area contributed by atoms with Crippen molar-refractivity contribution in [3.8, 4) is 0 Å². The second-order valence-electron chi connectivity index (χ2n) is 3.70. The summed E-state index contributed by atoms with van der Waals surface area (Å²) in [4.78, 5) is 0. The van der Waals surface area contributed by atoms with Crippen LogP contribution in [0, 0.1) is 6.92 Å². The van der Waals surface area contributed by atoms with Gasteiger partial charge in [-0.25, -0.2) is 4.63 Å². The molecule has 2 rings (SSSR count). The lowest BCUT2D eigenvalue weighted by Gasteiger charge is -2.05. The van der Waals surface area contributed by atoms with E-state index in [0.717, 1.165) is 23.5 Å². The van der Waals surface area contributed by atoms with Gasteiger partial charge in [-0.15, -0.1) is 0 Å². The Balaban J connectivity index is 2.02. The minimum atomic E-state index is 0.641. The number of aromatic nitrogens is 2. The average molecular weight is 217 g/mol. The van der Waals surface area contributed by atoms with Gasteiger partial charge in [-0.2, -0.15) is 0 Å². The van der Waals surface area contributed by atoms with Crippen LogP contribution in [0.4, 0.5) is 5.69 Å². The zero-order chi connectivity index (χ0) is 11.4. The van der Waals surface area contributed by atoms with Crippen LogP contribution in [0.5, 0.6) is 0 Å². The van der Waals surface area contributed by atoms with Crippen LogP contribution >= 0.6 is 0 Å². The Hall–Kier alpha value is -1.84. The summed E-state index contributed by atoms with van der Waals surface area (Å²) in [5.74, 6) is 0. The van der Waals surface area contributed by atoms with Gasteiger partial charge < -0.3 is 5.32 Å².